The number of sulfonamides is 1. The first kappa shape index (κ1) is 40.0. The van der Waals surface area contributed by atoms with Gasteiger partial charge < -0.3 is 19.4 Å². The van der Waals surface area contributed by atoms with Crippen molar-refractivity contribution in [1.82, 2.24) is 9.62 Å². The number of piperazine rings is 1. The molecule has 0 amide bonds. The number of nitrogens with one attached hydrogen (secondary N) is 1. The average Bonchev–Trinajstić information content (AvgIpc) is 3.01. The van der Waals surface area contributed by atoms with Crippen LogP contribution in [-0.2, 0) is 32.7 Å². The van der Waals surface area contributed by atoms with Gasteiger partial charge in [-0.15, -0.1) is 0 Å². The van der Waals surface area contributed by atoms with Crippen LogP contribution in [0.4, 0.5) is 26.3 Å². The Morgan fingerprint density at radius 2 is 1.25 bits per heavy atom. The predicted octanol–water partition coefficient (Wildman–Crippen LogP) is 5.00. The van der Waals surface area contributed by atoms with Gasteiger partial charge in [-0.3, -0.25) is 4.90 Å². The first-order valence-corrected chi connectivity index (χ1v) is 15.6. The van der Waals surface area contributed by atoms with E-state index in [9.17, 15) is 34.8 Å². The lowest BCUT2D eigenvalue weighted by molar-refractivity contribution is -0.894. The number of carboxylic acids is 2. The molecule has 0 unspecified atom stereocenters. The molecule has 1 aliphatic rings. The molecule has 3 N–H and O–H groups in total. The molecule has 0 saturated carbocycles. The summed E-state index contributed by atoms with van der Waals surface area (Å²) in [6.45, 7) is 5.75. The first-order valence-electron chi connectivity index (χ1n) is 14.1. The Balaban J connectivity index is 0.000000479. The van der Waals surface area contributed by atoms with Crippen molar-refractivity contribution in [3.05, 3.63) is 83.9 Å². The number of halogens is 6. The van der Waals surface area contributed by atoms with Crippen molar-refractivity contribution in [3.63, 3.8) is 0 Å². The number of aliphatic carboxylic acids is 2. The van der Waals surface area contributed by atoms with Crippen LogP contribution in [-0.4, -0.2) is 99.7 Å². The highest BCUT2D eigenvalue weighted by molar-refractivity contribution is 7.89. The van der Waals surface area contributed by atoms with E-state index in [1.165, 1.54) is 18.7 Å². The van der Waals surface area contributed by atoms with Crippen LogP contribution in [0, 0.1) is 0 Å². The second-order valence-electron chi connectivity index (χ2n) is 11.2. The Kier molecular flexibility index (Phi) is 14.0. The van der Waals surface area contributed by atoms with E-state index in [1.807, 2.05) is 12.1 Å². The zero-order valence-electron chi connectivity index (χ0n) is 26.2. The molecule has 1 aliphatic heterocycles. The number of hydrogen-bond donors (Lipinski definition) is 3. The molecule has 0 atom stereocenters. The fourth-order valence-corrected chi connectivity index (χ4v) is 5.21. The van der Waals surface area contributed by atoms with Crippen LogP contribution in [0.15, 0.2) is 77.7 Å². The molecule has 48 heavy (non-hydrogen) atoms. The maximum atomic E-state index is 12.7. The minimum atomic E-state index is -5.08. The molecule has 3 aromatic rings. The molecule has 0 aromatic heterocycles. The van der Waals surface area contributed by atoms with Gasteiger partial charge in [-0.25, -0.2) is 22.7 Å². The van der Waals surface area contributed by atoms with Crippen LogP contribution >= 0.6 is 0 Å². The Hall–Kier alpha value is -4.19. The molecule has 0 bridgehead atoms. The van der Waals surface area contributed by atoms with Crippen molar-refractivity contribution in [2.75, 3.05) is 47.4 Å². The highest BCUT2D eigenvalue weighted by Crippen LogP contribution is 2.24. The summed E-state index contributed by atoms with van der Waals surface area (Å²) in [5, 5.41) is 14.2. The maximum absolute atomic E-state index is 12.7. The fraction of sp³-hybridized carbons (Fsp3) is 0.355. The molecular formula is C31H36F6N3O7S+. The minimum Gasteiger partial charge on any atom is -0.497 e. The molecule has 4 rings (SSSR count). The number of carbonyl (C=O) groups is 2. The zero-order valence-corrected chi connectivity index (χ0v) is 27.0. The number of carboxylic acid groups (broad SMARTS) is 2. The summed E-state index contributed by atoms with van der Waals surface area (Å²) in [5.74, 6) is -4.89. The molecule has 1 fully saturated rings. The van der Waals surface area contributed by atoms with E-state index in [2.05, 4.69) is 60.1 Å². The predicted molar refractivity (Wildman–Crippen MR) is 163 cm³/mol. The molecule has 1 saturated heterocycles. The molecule has 10 nitrogen and oxygen atoms in total. The number of alkyl halides is 6. The Bertz CT molecular complexity index is 1600. The molecule has 1 heterocycles. The van der Waals surface area contributed by atoms with Gasteiger partial charge in [0.1, 0.15) is 5.75 Å². The van der Waals surface area contributed by atoms with Gasteiger partial charge in [0.05, 0.1) is 39.2 Å². The van der Waals surface area contributed by atoms with E-state index in [0.29, 0.717) is 5.75 Å². The summed E-state index contributed by atoms with van der Waals surface area (Å²) in [5.41, 5.74) is 4.44. The number of nitrogens with zero attached hydrogens (tertiary/aromatic N) is 2. The Labute approximate surface area is 273 Å². The van der Waals surface area contributed by atoms with Gasteiger partial charge in [-0.1, -0.05) is 36.4 Å². The third-order valence-electron chi connectivity index (χ3n) is 6.96. The van der Waals surface area contributed by atoms with E-state index in [-0.39, 0.29) is 11.4 Å². The fourth-order valence-electron chi connectivity index (χ4n) is 4.19. The largest absolute Gasteiger partial charge is 0.497 e. The highest BCUT2D eigenvalue weighted by Gasteiger charge is 2.38. The summed E-state index contributed by atoms with van der Waals surface area (Å²) in [6.07, 6.45) is -10.2. The Morgan fingerprint density at radius 1 is 0.812 bits per heavy atom. The molecule has 0 spiro atoms. The number of methoxy groups -OCH3 is 1. The van der Waals surface area contributed by atoms with Crippen LogP contribution in [0.3, 0.4) is 0 Å². The lowest BCUT2D eigenvalue weighted by Crippen LogP contribution is -2.54. The van der Waals surface area contributed by atoms with Crippen LogP contribution in [0.2, 0.25) is 0 Å². The van der Waals surface area contributed by atoms with Gasteiger partial charge >= 0.3 is 24.3 Å². The summed E-state index contributed by atoms with van der Waals surface area (Å²) in [7, 11) is 2.54. The van der Waals surface area contributed by atoms with Crippen molar-refractivity contribution in [1.29, 1.82) is 0 Å². The second-order valence-corrected chi connectivity index (χ2v) is 12.9. The van der Waals surface area contributed by atoms with Crippen molar-refractivity contribution in [2.45, 2.75) is 30.3 Å². The normalized spacial score (nSPS) is 14.9. The number of hydrogen-bond acceptors (Lipinski definition) is 6. The van der Waals surface area contributed by atoms with Crippen LogP contribution in [0.1, 0.15) is 11.1 Å². The number of quaternary nitrogens is 1. The monoisotopic (exact) mass is 708 g/mol. The van der Waals surface area contributed by atoms with Crippen molar-refractivity contribution in [3.8, 4) is 16.9 Å². The summed E-state index contributed by atoms with van der Waals surface area (Å²) in [6, 6.07) is 23.1. The molecular weight excluding hydrogens is 672 g/mol. The van der Waals surface area contributed by atoms with Crippen molar-refractivity contribution < 1.29 is 63.8 Å². The molecule has 17 heteroatoms. The highest BCUT2D eigenvalue weighted by atomic mass is 32.2. The van der Waals surface area contributed by atoms with E-state index in [0.717, 1.165) is 40.8 Å². The number of benzene rings is 3. The SMILES string of the molecule is COc1ccc(S(=O)(=O)NCc2cccc(-c3cccc(CN4CC[N+](C)(C)CC4)c3)c2)cc1.O=C(O)C(F)(F)F.O=C(O)C(F)(F)F. The van der Waals surface area contributed by atoms with Gasteiger partial charge in [-0.05, 0) is 58.7 Å². The topological polar surface area (TPSA) is 133 Å². The summed E-state index contributed by atoms with van der Waals surface area (Å²) in [4.78, 5) is 20.5. The minimum absolute atomic E-state index is 0.219. The Morgan fingerprint density at radius 3 is 1.69 bits per heavy atom. The van der Waals surface area contributed by atoms with Gasteiger partial charge in [0, 0.05) is 26.2 Å². The standard InChI is InChI=1S/C27H34N3O3S.2C2HF3O2/c1-30(2)16-14-29(15-17-30)21-23-7-5-9-25(19-23)24-8-4-6-22(18-24)20-28-34(31,32)27-12-10-26(33-3)11-13-27;2*3-2(4,5)1(6)7/h4-13,18-19,28H,14-17,20-21H2,1-3H3;2*(H,6,7)/q+1;;. The van der Waals surface area contributed by atoms with Crippen LogP contribution < -0.4 is 9.46 Å². The van der Waals surface area contributed by atoms with Gasteiger partial charge in [-0.2, -0.15) is 26.3 Å². The second kappa shape index (κ2) is 16.8. The van der Waals surface area contributed by atoms with E-state index in [1.54, 1.807) is 31.4 Å². The smallest absolute Gasteiger partial charge is 0.490 e. The van der Waals surface area contributed by atoms with Gasteiger partial charge in [0.15, 0.2) is 0 Å². The zero-order chi connectivity index (χ0) is 36.3. The summed E-state index contributed by atoms with van der Waals surface area (Å²) >= 11 is 0. The summed E-state index contributed by atoms with van der Waals surface area (Å²) < 4.78 is 97.7. The third kappa shape index (κ3) is 13.5. The average molecular weight is 709 g/mol. The molecule has 0 radical (unpaired) electrons. The number of ether oxygens (including phenoxy) is 1. The van der Waals surface area contributed by atoms with E-state index in [4.69, 9.17) is 24.5 Å². The van der Waals surface area contributed by atoms with E-state index >= 15 is 0 Å². The van der Waals surface area contributed by atoms with Crippen LogP contribution in [0.25, 0.3) is 11.1 Å². The quantitative estimate of drug-likeness (QED) is 0.220. The number of rotatable bonds is 8. The lowest BCUT2D eigenvalue weighted by Gasteiger charge is -2.39. The van der Waals surface area contributed by atoms with E-state index < -0.39 is 34.3 Å². The third-order valence-corrected chi connectivity index (χ3v) is 8.37. The van der Waals surface area contributed by atoms with Crippen molar-refractivity contribution in [2.24, 2.45) is 0 Å². The van der Waals surface area contributed by atoms with Gasteiger partial charge in [0.25, 0.3) is 0 Å². The van der Waals surface area contributed by atoms with Gasteiger partial charge in [0.2, 0.25) is 10.0 Å². The van der Waals surface area contributed by atoms with Crippen LogP contribution in [0.5, 0.6) is 5.75 Å². The lowest BCUT2D eigenvalue weighted by atomic mass is 10.0. The molecule has 3 aromatic carbocycles. The number of likely N-dealkylation sites (N-methyl/N-ethyl adjacent to an activating group) is 1. The molecule has 264 valence electrons. The first-order chi connectivity index (χ1) is 22.1. The molecule has 0 aliphatic carbocycles. The van der Waals surface area contributed by atoms with Crippen molar-refractivity contribution >= 4 is 22.0 Å². The maximum Gasteiger partial charge on any atom is 0.490 e.